The molecule has 0 saturated heterocycles. The smallest absolute Gasteiger partial charge is 0.0139 e. The summed E-state index contributed by atoms with van der Waals surface area (Å²) >= 11 is 0. The van der Waals surface area contributed by atoms with Crippen LogP contribution < -0.4 is 0 Å². The fraction of sp³-hybridized carbons (Fsp3) is 0.600. The highest BCUT2D eigenvalue weighted by molar-refractivity contribution is 5.05. The molecule has 0 aliphatic heterocycles. The second kappa shape index (κ2) is 6.60. The summed E-state index contributed by atoms with van der Waals surface area (Å²) in [5.41, 5.74) is 1.53. The van der Waals surface area contributed by atoms with Crippen LogP contribution in [0.2, 0.25) is 0 Å². The van der Waals surface area contributed by atoms with Crippen LogP contribution in [0.4, 0.5) is 0 Å². The van der Waals surface area contributed by atoms with E-state index in [1.807, 2.05) is 0 Å². The molecule has 0 aromatic rings. The quantitative estimate of drug-likeness (QED) is 0.520. The van der Waals surface area contributed by atoms with Crippen molar-refractivity contribution >= 4 is 0 Å². The molecule has 0 amide bonds. The van der Waals surface area contributed by atoms with Crippen molar-refractivity contribution in [1.82, 2.24) is 0 Å². The Morgan fingerprint density at radius 1 is 1.20 bits per heavy atom. The molecule has 0 N–H and O–H groups in total. The Hall–Kier alpha value is -0.520. The largest absolute Gasteiger partial charge is 0.0885 e. The van der Waals surface area contributed by atoms with Crippen molar-refractivity contribution in [2.75, 3.05) is 0 Å². The maximum Gasteiger partial charge on any atom is -0.0139 e. The van der Waals surface area contributed by atoms with E-state index in [0.717, 1.165) is 12.8 Å². The molecule has 0 heterocycles. The normalized spacial score (nSPS) is 12.9. The lowest BCUT2D eigenvalue weighted by Gasteiger charge is -1.96. The van der Waals surface area contributed by atoms with Crippen LogP contribution in [0.5, 0.6) is 0 Å². The molecule has 10 heavy (non-hydrogen) atoms. The van der Waals surface area contributed by atoms with Gasteiger partial charge >= 0.3 is 0 Å². The first kappa shape index (κ1) is 9.48. The maximum absolute atomic E-state index is 2.25. The third-order valence-corrected chi connectivity index (χ3v) is 1.64. The van der Waals surface area contributed by atoms with E-state index in [9.17, 15) is 0 Å². The minimum Gasteiger partial charge on any atom is -0.0885 e. The SMILES string of the molecule is C/C=C(/CC)C/C=C\CC. The van der Waals surface area contributed by atoms with E-state index in [-0.39, 0.29) is 0 Å². The molecular formula is C10H18. The Bertz CT molecular complexity index is 118. The van der Waals surface area contributed by atoms with Gasteiger partial charge in [0.15, 0.2) is 0 Å². The summed E-state index contributed by atoms with van der Waals surface area (Å²) in [6.07, 6.45) is 10.2. The minimum absolute atomic E-state index is 1.14. The van der Waals surface area contributed by atoms with E-state index in [4.69, 9.17) is 0 Å². The minimum atomic E-state index is 1.14. The zero-order chi connectivity index (χ0) is 7.82. The Balaban J connectivity index is 3.55. The van der Waals surface area contributed by atoms with Gasteiger partial charge in [0.25, 0.3) is 0 Å². The average Bonchev–Trinajstić information content (AvgIpc) is 1.99. The van der Waals surface area contributed by atoms with Gasteiger partial charge in [0.05, 0.1) is 0 Å². The van der Waals surface area contributed by atoms with E-state index in [1.165, 1.54) is 12.0 Å². The summed E-state index contributed by atoms with van der Waals surface area (Å²) in [5.74, 6) is 0. The van der Waals surface area contributed by atoms with Gasteiger partial charge < -0.3 is 0 Å². The number of hydrogen-bond donors (Lipinski definition) is 0. The molecule has 0 nitrogen and oxygen atoms in total. The third kappa shape index (κ3) is 4.37. The first-order valence-corrected chi connectivity index (χ1v) is 4.14. The van der Waals surface area contributed by atoms with Gasteiger partial charge in [-0.2, -0.15) is 0 Å². The molecule has 0 heteroatoms. The van der Waals surface area contributed by atoms with Crippen LogP contribution >= 0.6 is 0 Å². The molecule has 0 atom stereocenters. The Morgan fingerprint density at radius 3 is 2.30 bits per heavy atom. The first-order valence-electron chi connectivity index (χ1n) is 4.14. The second-order valence-electron chi connectivity index (χ2n) is 2.38. The van der Waals surface area contributed by atoms with Gasteiger partial charge in [-0.1, -0.05) is 37.6 Å². The van der Waals surface area contributed by atoms with Crippen LogP contribution in [0, 0.1) is 0 Å². The van der Waals surface area contributed by atoms with Gasteiger partial charge in [-0.25, -0.2) is 0 Å². The Kier molecular flexibility index (Phi) is 6.25. The summed E-state index contributed by atoms with van der Waals surface area (Å²) < 4.78 is 0. The number of rotatable bonds is 4. The average molecular weight is 138 g/mol. The van der Waals surface area contributed by atoms with Gasteiger partial charge in [0, 0.05) is 0 Å². The molecule has 0 saturated carbocycles. The van der Waals surface area contributed by atoms with Crippen LogP contribution in [-0.4, -0.2) is 0 Å². The lowest BCUT2D eigenvalue weighted by Crippen LogP contribution is -1.75. The molecule has 0 aromatic carbocycles. The monoisotopic (exact) mass is 138 g/mol. The van der Waals surface area contributed by atoms with E-state index in [1.54, 1.807) is 0 Å². The fourth-order valence-corrected chi connectivity index (χ4v) is 0.868. The predicted molar refractivity (Wildman–Crippen MR) is 48.1 cm³/mol. The molecule has 0 aromatic heterocycles. The van der Waals surface area contributed by atoms with E-state index in [0.29, 0.717) is 0 Å². The molecule has 0 spiro atoms. The fourth-order valence-electron chi connectivity index (χ4n) is 0.868. The highest BCUT2D eigenvalue weighted by Gasteiger charge is 1.85. The van der Waals surface area contributed by atoms with Crippen molar-refractivity contribution in [1.29, 1.82) is 0 Å². The second-order valence-corrected chi connectivity index (χ2v) is 2.38. The van der Waals surface area contributed by atoms with Crippen LogP contribution in [-0.2, 0) is 0 Å². The maximum atomic E-state index is 2.25. The van der Waals surface area contributed by atoms with Crippen molar-refractivity contribution in [2.45, 2.75) is 40.0 Å². The predicted octanol–water partition coefficient (Wildman–Crippen LogP) is 3.70. The third-order valence-electron chi connectivity index (χ3n) is 1.64. The molecule has 0 unspecified atom stereocenters. The number of hydrogen-bond acceptors (Lipinski definition) is 0. The molecule has 0 rings (SSSR count). The van der Waals surface area contributed by atoms with Gasteiger partial charge in [-0.15, -0.1) is 0 Å². The van der Waals surface area contributed by atoms with Gasteiger partial charge in [-0.05, 0) is 26.2 Å². The summed E-state index contributed by atoms with van der Waals surface area (Å²) in [4.78, 5) is 0. The van der Waals surface area contributed by atoms with Crippen molar-refractivity contribution in [3.05, 3.63) is 23.8 Å². The topological polar surface area (TPSA) is 0 Å². The highest BCUT2D eigenvalue weighted by Crippen LogP contribution is 2.06. The molecule has 58 valence electrons. The molecule has 0 aliphatic carbocycles. The van der Waals surface area contributed by atoms with E-state index >= 15 is 0 Å². The summed E-state index contributed by atoms with van der Waals surface area (Å²) in [6.45, 7) is 6.48. The molecule has 0 bridgehead atoms. The van der Waals surface area contributed by atoms with Gasteiger partial charge in [0.1, 0.15) is 0 Å². The van der Waals surface area contributed by atoms with Crippen LogP contribution in [0.3, 0.4) is 0 Å². The van der Waals surface area contributed by atoms with Crippen LogP contribution in [0.15, 0.2) is 23.8 Å². The van der Waals surface area contributed by atoms with Gasteiger partial charge in [-0.3, -0.25) is 0 Å². The molecule has 0 fully saturated rings. The summed E-state index contributed by atoms with van der Waals surface area (Å²) in [7, 11) is 0. The van der Waals surface area contributed by atoms with Crippen LogP contribution in [0.1, 0.15) is 40.0 Å². The Morgan fingerprint density at radius 2 is 1.90 bits per heavy atom. The Labute approximate surface area is 64.6 Å². The van der Waals surface area contributed by atoms with Crippen molar-refractivity contribution < 1.29 is 0 Å². The molecular weight excluding hydrogens is 120 g/mol. The number of allylic oxidation sites excluding steroid dienone is 4. The van der Waals surface area contributed by atoms with Gasteiger partial charge in [0.2, 0.25) is 0 Å². The van der Waals surface area contributed by atoms with Crippen molar-refractivity contribution in [2.24, 2.45) is 0 Å². The van der Waals surface area contributed by atoms with Crippen LogP contribution in [0.25, 0.3) is 0 Å². The van der Waals surface area contributed by atoms with E-state index < -0.39 is 0 Å². The lowest BCUT2D eigenvalue weighted by atomic mass is 10.1. The summed E-state index contributed by atoms with van der Waals surface area (Å²) in [6, 6.07) is 0. The highest BCUT2D eigenvalue weighted by atomic mass is 13.9. The summed E-state index contributed by atoms with van der Waals surface area (Å²) in [5, 5.41) is 0. The molecule has 0 aliphatic rings. The zero-order valence-electron chi connectivity index (χ0n) is 7.35. The first-order chi connectivity index (χ1) is 4.85. The standard InChI is InChI=1S/C10H18/c1-4-7-8-9-10(5-2)6-3/h5,7-8H,4,6,9H2,1-3H3/b8-7-,10-5-. The molecule has 0 radical (unpaired) electrons. The zero-order valence-corrected chi connectivity index (χ0v) is 7.35. The lowest BCUT2D eigenvalue weighted by molar-refractivity contribution is 1.02. The van der Waals surface area contributed by atoms with Crippen molar-refractivity contribution in [3.8, 4) is 0 Å². The van der Waals surface area contributed by atoms with E-state index in [2.05, 4.69) is 39.0 Å². The van der Waals surface area contributed by atoms with Crippen molar-refractivity contribution in [3.63, 3.8) is 0 Å².